The van der Waals surface area contributed by atoms with Crippen LogP contribution in [0.5, 0.6) is 0 Å². The van der Waals surface area contributed by atoms with Gasteiger partial charge < -0.3 is 0 Å². The van der Waals surface area contributed by atoms with E-state index in [1.807, 2.05) is 27.7 Å². The summed E-state index contributed by atoms with van der Waals surface area (Å²) in [5.41, 5.74) is -0.201. The molecule has 0 saturated carbocycles. The van der Waals surface area contributed by atoms with Crippen LogP contribution in [0.15, 0.2) is 0 Å². The lowest BCUT2D eigenvalue weighted by Gasteiger charge is -2.38. The van der Waals surface area contributed by atoms with Crippen LogP contribution in [-0.4, -0.2) is 11.8 Å². The molecule has 74 valence electrons. The van der Waals surface area contributed by atoms with E-state index in [4.69, 9.17) is 0 Å². The molecule has 0 aromatic heterocycles. The van der Waals surface area contributed by atoms with Gasteiger partial charge in [0.05, 0.1) is 0 Å². The van der Waals surface area contributed by atoms with Crippen molar-refractivity contribution in [3.05, 3.63) is 0 Å². The Labute approximate surface area is 78.9 Å². The highest BCUT2D eigenvalue weighted by Gasteiger charge is 2.43. The molecule has 0 spiro atoms. The zero-order chi connectivity index (χ0) is 10.2. The second kappa shape index (κ2) is 3.13. The quantitative estimate of drug-likeness (QED) is 0.623. The molecule has 13 heavy (non-hydrogen) atoms. The molecule has 0 aliphatic carbocycles. The molecule has 1 aliphatic heterocycles. The van der Waals surface area contributed by atoms with Crippen LogP contribution in [-0.2, 0) is 9.59 Å². The molecule has 1 fully saturated rings. The van der Waals surface area contributed by atoms with Gasteiger partial charge in [0, 0.05) is 12.3 Å². The summed E-state index contributed by atoms with van der Waals surface area (Å²) in [6, 6.07) is 0. The molecule has 1 heterocycles. The van der Waals surface area contributed by atoms with Crippen LogP contribution in [0.25, 0.3) is 0 Å². The number of hydrogen-bond donors (Lipinski definition) is 1. The zero-order valence-electron chi connectivity index (χ0n) is 8.68. The van der Waals surface area contributed by atoms with E-state index in [0.29, 0.717) is 6.42 Å². The molecule has 1 aliphatic rings. The SMILES string of the molecule is CC(C)C1C(=O)NC(=O)CC1(C)C. The molecule has 1 atom stereocenters. The Hall–Kier alpha value is -0.860. The lowest BCUT2D eigenvalue weighted by atomic mass is 9.68. The molecule has 2 amide bonds. The molecule has 0 aromatic rings. The summed E-state index contributed by atoms with van der Waals surface area (Å²) in [4.78, 5) is 22.7. The van der Waals surface area contributed by atoms with E-state index in [1.54, 1.807) is 0 Å². The third-order valence-electron chi connectivity index (χ3n) is 2.67. The van der Waals surface area contributed by atoms with Crippen molar-refractivity contribution in [1.29, 1.82) is 0 Å². The van der Waals surface area contributed by atoms with Gasteiger partial charge in [-0.1, -0.05) is 27.7 Å². The van der Waals surface area contributed by atoms with E-state index in [9.17, 15) is 9.59 Å². The molecule has 1 N–H and O–H groups in total. The summed E-state index contributed by atoms with van der Waals surface area (Å²) in [5.74, 6) is -0.0311. The van der Waals surface area contributed by atoms with Crippen molar-refractivity contribution < 1.29 is 9.59 Å². The van der Waals surface area contributed by atoms with Crippen molar-refractivity contribution >= 4 is 11.8 Å². The average molecular weight is 183 g/mol. The van der Waals surface area contributed by atoms with Crippen molar-refractivity contribution in [1.82, 2.24) is 5.32 Å². The van der Waals surface area contributed by atoms with Gasteiger partial charge in [0.1, 0.15) is 0 Å². The number of rotatable bonds is 1. The first kappa shape index (κ1) is 10.2. The van der Waals surface area contributed by atoms with Crippen molar-refractivity contribution in [2.45, 2.75) is 34.1 Å². The number of nitrogens with one attached hydrogen (secondary N) is 1. The van der Waals surface area contributed by atoms with Crippen LogP contribution in [0.1, 0.15) is 34.1 Å². The van der Waals surface area contributed by atoms with Crippen LogP contribution < -0.4 is 5.32 Å². The van der Waals surface area contributed by atoms with E-state index in [2.05, 4.69) is 5.32 Å². The summed E-state index contributed by atoms with van der Waals surface area (Å²) in [6.07, 6.45) is 0.446. The third kappa shape index (κ3) is 1.90. The van der Waals surface area contributed by atoms with E-state index in [1.165, 1.54) is 0 Å². The molecule has 0 radical (unpaired) electrons. The van der Waals surface area contributed by atoms with Crippen LogP contribution in [0.4, 0.5) is 0 Å². The third-order valence-corrected chi connectivity index (χ3v) is 2.67. The van der Waals surface area contributed by atoms with Gasteiger partial charge in [-0.3, -0.25) is 14.9 Å². The van der Waals surface area contributed by atoms with Crippen molar-refractivity contribution in [3.8, 4) is 0 Å². The van der Waals surface area contributed by atoms with Gasteiger partial charge in [0.15, 0.2) is 0 Å². The highest BCUT2D eigenvalue weighted by molar-refractivity contribution is 5.99. The van der Waals surface area contributed by atoms with Crippen LogP contribution in [0, 0.1) is 17.3 Å². The fourth-order valence-electron chi connectivity index (χ4n) is 2.34. The monoisotopic (exact) mass is 183 g/mol. The van der Waals surface area contributed by atoms with E-state index in [0.717, 1.165) is 0 Å². The lowest BCUT2D eigenvalue weighted by molar-refractivity contribution is -0.144. The Morgan fingerprint density at radius 1 is 1.38 bits per heavy atom. The predicted octanol–water partition coefficient (Wildman–Crippen LogP) is 1.33. The van der Waals surface area contributed by atoms with Gasteiger partial charge in [0.25, 0.3) is 0 Å². The normalized spacial score (nSPS) is 27.6. The Bertz CT molecular complexity index is 243. The maximum absolute atomic E-state index is 11.5. The summed E-state index contributed by atoms with van der Waals surface area (Å²) < 4.78 is 0. The maximum atomic E-state index is 11.5. The van der Waals surface area contributed by atoms with E-state index < -0.39 is 0 Å². The number of amides is 2. The van der Waals surface area contributed by atoms with Crippen LogP contribution in [0.3, 0.4) is 0 Å². The van der Waals surface area contributed by atoms with Crippen molar-refractivity contribution in [2.24, 2.45) is 17.3 Å². The molecule has 0 aromatic carbocycles. The summed E-state index contributed by atoms with van der Waals surface area (Å²) in [6.45, 7) is 7.99. The van der Waals surface area contributed by atoms with Gasteiger partial charge in [-0.2, -0.15) is 0 Å². The maximum Gasteiger partial charge on any atom is 0.230 e. The minimum absolute atomic E-state index is 0.0507. The summed E-state index contributed by atoms with van der Waals surface area (Å²) in [7, 11) is 0. The standard InChI is InChI=1S/C10H17NO2/c1-6(2)8-9(13)11-7(12)5-10(8,3)4/h6,8H,5H2,1-4H3,(H,11,12,13). The van der Waals surface area contributed by atoms with Gasteiger partial charge in [0.2, 0.25) is 11.8 Å². The fraction of sp³-hybridized carbons (Fsp3) is 0.800. The molecule has 1 rings (SSSR count). The Morgan fingerprint density at radius 3 is 2.31 bits per heavy atom. The second-order valence-corrected chi connectivity index (χ2v) is 4.80. The van der Waals surface area contributed by atoms with Crippen molar-refractivity contribution in [3.63, 3.8) is 0 Å². The van der Waals surface area contributed by atoms with E-state index >= 15 is 0 Å². The molecular weight excluding hydrogens is 166 g/mol. The van der Waals surface area contributed by atoms with Crippen LogP contribution in [0.2, 0.25) is 0 Å². The fourth-order valence-corrected chi connectivity index (χ4v) is 2.34. The first-order chi connectivity index (χ1) is 5.84. The average Bonchev–Trinajstić information content (AvgIpc) is 1.78. The minimum atomic E-state index is -0.201. The molecular formula is C10H17NO2. The molecule has 3 nitrogen and oxygen atoms in total. The van der Waals surface area contributed by atoms with Crippen molar-refractivity contribution in [2.75, 3.05) is 0 Å². The number of hydrogen-bond acceptors (Lipinski definition) is 2. The summed E-state index contributed by atoms with van der Waals surface area (Å²) in [5, 5.41) is 2.39. The van der Waals surface area contributed by atoms with E-state index in [-0.39, 0.29) is 29.1 Å². The first-order valence-corrected chi connectivity index (χ1v) is 4.68. The first-order valence-electron chi connectivity index (χ1n) is 4.68. The Balaban J connectivity index is 2.92. The Morgan fingerprint density at radius 2 is 1.92 bits per heavy atom. The van der Waals surface area contributed by atoms with Gasteiger partial charge >= 0.3 is 0 Å². The predicted molar refractivity (Wildman–Crippen MR) is 49.9 cm³/mol. The summed E-state index contributed by atoms with van der Waals surface area (Å²) >= 11 is 0. The van der Waals surface area contributed by atoms with Crippen LogP contribution >= 0.6 is 0 Å². The topological polar surface area (TPSA) is 46.2 Å². The van der Waals surface area contributed by atoms with Gasteiger partial charge in [-0.15, -0.1) is 0 Å². The van der Waals surface area contributed by atoms with Gasteiger partial charge in [-0.05, 0) is 11.3 Å². The molecule has 0 bridgehead atoms. The minimum Gasteiger partial charge on any atom is -0.296 e. The number of carbonyl (C=O) groups excluding carboxylic acids is 2. The number of carbonyl (C=O) groups is 2. The lowest BCUT2D eigenvalue weighted by Crippen LogP contribution is -2.51. The zero-order valence-corrected chi connectivity index (χ0v) is 8.68. The molecule has 1 unspecified atom stereocenters. The highest BCUT2D eigenvalue weighted by Crippen LogP contribution is 2.38. The number of piperidine rings is 1. The molecule has 3 heteroatoms. The largest absolute Gasteiger partial charge is 0.296 e. The number of imide groups is 1. The second-order valence-electron chi connectivity index (χ2n) is 4.80. The van der Waals surface area contributed by atoms with Gasteiger partial charge in [-0.25, -0.2) is 0 Å². The smallest absolute Gasteiger partial charge is 0.230 e. The molecule has 1 saturated heterocycles. The Kier molecular flexibility index (Phi) is 2.46. The highest BCUT2D eigenvalue weighted by atomic mass is 16.2.